The average molecular weight is 482 g/mol. The number of rotatable bonds is 6. The molecule has 2 rings (SSSR count). The van der Waals surface area contributed by atoms with E-state index in [2.05, 4.69) is 5.32 Å². The van der Waals surface area contributed by atoms with Gasteiger partial charge in [-0.25, -0.2) is 8.42 Å². The summed E-state index contributed by atoms with van der Waals surface area (Å²) in [7, 11) is -5.60. The van der Waals surface area contributed by atoms with Crippen molar-refractivity contribution in [2.75, 3.05) is 18.4 Å². The summed E-state index contributed by atoms with van der Waals surface area (Å²) in [5.41, 5.74) is -7.31. The van der Waals surface area contributed by atoms with Crippen LogP contribution in [0, 0.1) is 0 Å². The van der Waals surface area contributed by atoms with Crippen LogP contribution < -0.4 is 5.32 Å². The standard InChI is InChI=1S/C19H16F6N2O4S/c1-2-27(11-16(28)26-15-6-4-3-5-14(15)18(20,21)22)17(29)12-7-9-13(10-8-12)32(30,31)19(23,24)25/h3-10H,2,11H2,1H3,(H,26,28). The lowest BCUT2D eigenvalue weighted by Crippen LogP contribution is -2.38. The number of likely N-dealkylation sites (N-methyl/N-ethyl adjacent to an activating group) is 1. The maximum absolute atomic E-state index is 13.0. The number of nitrogens with zero attached hydrogens (tertiary/aromatic N) is 1. The normalized spacial score (nSPS) is 12.3. The molecule has 0 aliphatic rings. The van der Waals surface area contributed by atoms with E-state index >= 15 is 0 Å². The monoisotopic (exact) mass is 482 g/mol. The minimum atomic E-state index is -5.60. The van der Waals surface area contributed by atoms with E-state index in [9.17, 15) is 44.3 Å². The topological polar surface area (TPSA) is 83.6 Å². The third kappa shape index (κ3) is 5.58. The number of alkyl halides is 6. The molecule has 13 heteroatoms. The number of amides is 2. The summed E-state index contributed by atoms with van der Waals surface area (Å²) in [6.45, 7) is 0.761. The molecule has 32 heavy (non-hydrogen) atoms. The van der Waals surface area contributed by atoms with Gasteiger partial charge in [-0.2, -0.15) is 26.3 Å². The Bertz CT molecular complexity index is 1100. The quantitative estimate of drug-likeness (QED) is 0.629. The molecule has 1 N–H and O–H groups in total. The second-order valence-corrected chi connectivity index (χ2v) is 8.33. The van der Waals surface area contributed by atoms with Crippen molar-refractivity contribution < 1.29 is 44.3 Å². The summed E-state index contributed by atoms with van der Waals surface area (Å²) in [5.74, 6) is -1.77. The molecule has 0 spiro atoms. The highest BCUT2D eigenvalue weighted by atomic mass is 32.2. The smallest absolute Gasteiger partial charge is 0.330 e. The number of sulfone groups is 1. The summed E-state index contributed by atoms with van der Waals surface area (Å²) >= 11 is 0. The lowest BCUT2D eigenvalue weighted by atomic mass is 10.1. The third-order valence-electron chi connectivity index (χ3n) is 4.23. The molecule has 0 saturated carbocycles. The summed E-state index contributed by atoms with van der Waals surface area (Å²) in [5, 5.41) is 2.08. The van der Waals surface area contributed by atoms with E-state index < -0.39 is 56.0 Å². The van der Waals surface area contributed by atoms with Gasteiger partial charge in [0.15, 0.2) is 0 Å². The van der Waals surface area contributed by atoms with Crippen LogP contribution in [0.25, 0.3) is 0 Å². The zero-order valence-electron chi connectivity index (χ0n) is 16.3. The molecule has 0 radical (unpaired) electrons. The Hall–Kier alpha value is -3.09. The molecule has 0 aromatic heterocycles. The molecule has 0 aliphatic heterocycles. The van der Waals surface area contributed by atoms with Gasteiger partial charge in [-0.05, 0) is 43.3 Å². The number of hydrogen-bond donors (Lipinski definition) is 1. The van der Waals surface area contributed by atoms with Crippen LogP contribution in [0.2, 0.25) is 0 Å². The van der Waals surface area contributed by atoms with Crippen LogP contribution in [0.3, 0.4) is 0 Å². The predicted octanol–water partition coefficient (Wildman–Crippen LogP) is 4.10. The third-order valence-corrected chi connectivity index (χ3v) is 5.73. The first-order chi connectivity index (χ1) is 14.7. The van der Waals surface area contributed by atoms with E-state index in [1.54, 1.807) is 0 Å². The first-order valence-corrected chi connectivity index (χ1v) is 10.3. The molecule has 0 heterocycles. The molecule has 0 unspecified atom stereocenters. The van der Waals surface area contributed by atoms with E-state index in [1.807, 2.05) is 0 Å². The fourth-order valence-electron chi connectivity index (χ4n) is 2.62. The van der Waals surface area contributed by atoms with Crippen molar-refractivity contribution in [3.8, 4) is 0 Å². The van der Waals surface area contributed by atoms with Crippen LogP contribution in [0.4, 0.5) is 32.0 Å². The second-order valence-electron chi connectivity index (χ2n) is 6.38. The highest BCUT2D eigenvalue weighted by molar-refractivity contribution is 7.92. The van der Waals surface area contributed by atoms with Gasteiger partial charge in [0.2, 0.25) is 5.91 Å². The van der Waals surface area contributed by atoms with Gasteiger partial charge < -0.3 is 10.2 Å². The molecule has 0 atom stereocenters. The maximum Gasteiger partial charge on any atom is 0.501 e. The molecule has 2 amide bonds. The lowest BCUT2D eigenvalue weighted by Gasteiger charge is -2.21. The van der Waals surface area contributed by atoms with Gasteiger partial charge in [0.25, 0.3) is 15.7 Å². The van der Waals surface area contributed by atoms with Crippen LogP contribution in [0.1, 0.15) is 22.8 Å². The van der Waals surface area contributed by atoms with Gasteiger partial charge in [0.05, 0.1) is 16.1 Å². The SMILES string of the molecule is CCN(CC(=O)Nc1ccccc1C(F)(F)F)C(=O)c1ccc(S(=O)(=O)C(F)(F)F)cc1. The number of hydrogen-bond acceptors (Lipinski definition) is 4. The van der Waals surface area contributed by atoms with E-state index in [-0.39, 0.29) is 12.1 Å². The van der Waals surface area contributed by atoms with Crippen molar-refractivity contribution in [3.05, 3.63) is 59.7 Å². The van der Waals surface area contributed by atoms with Gasteiger partial charge in [0, 0.05) is 12.1 Å². The fraction of sp³-hybridized carbons (Fsp3) is 0.263. The van der Waals surface area contributed by atoms with E-state index in [0.717, 1.165) is 35.2 Å². The van der Waals surface area contributed by atoms with E-state index in [1.165, 1.54) is 13.0 Å². The van der Waals surface area contributed by atoms with Gasteiger partial charge in [0.1, 0.15) is 6.54 Å². The minimum absolute atomic E-state index is 0.0597. The number of carbonyl (C=O) groups excluding carboxylic acids is 2. The summed E-state index contributed by atoms with van der Waals surface area (Å²) in [6, 6.07) is 7.13. The lowest BCUT2D eigenvalue weighted by molar-refractivity contribution is -0.137. The Balaban J connectivity index is 2.17. The second kappa shape index (κ2) is 9.18. The van der Waals surface area contributed by atoms with Gasteiger partial charge in [-0.3, -0.25) is 9.59 Å². The molecule has 0 bridgehead atoms. The minimum Gasteiger partial charge on any atom is -0.330 e. The van der Waals surface area contributed by atoms with Crippen LogP contribution in [0.15, 0.2) is 53.4 Å². The van der Waals surface area contributed by atoms with Crippen molar-refractivity contribution >= 4 is 27.3 Å². The molecule has 6 nitrogen and oxygen atoms in total. The number of nitrogens with one attached hydrogen (secondary N) is 1. The number of halogens is 6. The Morgan fingerprint density at radius 2 is 1.50 bits per heavy atom. The number of para-hydroxylation sites is 1. The number of anilines is 1. The highest BCUT2D eigenvalue weighted by Gasteiger charge is 2.46. The van der Waals surface area contributed by atoms with E-state index in [4.69, 9.17) is 0 Å². The van der Waals surface area contributed by atoms with E-state index in [0.29, 0.717) is 12.1 Å². The summed E-state index contributed by atoms with van der Waals surface area (Å²) < 4.78 is 99.7. The Labute approximate surface area is 178 Å². The molecule has 2 aromatic rings. The first-order valence-electron chi connectivity index (χ1n) is 8.85. The molecular weight excluding hydrogens is 466 g/mol. The van der Waals surface area contributed by atoms with Gasteiger partial charge in [-0.1, -0.05) is 12.1 Å². The Kier molecular flexibility index (Phi) is 7.23. The van der Waals surface area contributed by atoms with Crippen molar-refractivity contribution in [1.29, 1.82) is 0 Å². The zero-order valence-corrected chi connectivity index (χ0v) is 17.1. The highest BCUT2D eigenvalue weighted by Crippen LogP contribution is 2.34. The average Bonchev–Trinajstić information content (AvgIpc) is 2.70. The molecule has 0 saturated heterocycles. The van der Waals surface area contributed by atoms with Crippen LogP contribution in [-0.2, 0) is 20.8 Å². The number of carbonyl (C=O) groups is 2. The van der Waals surface area contributed by atoms with Crippen molar-refractivity contribution in [2.24, 2.45) is 0 Å². The molecular formula is C19H16F6N2O4S. The number of benzene rings is 2. The van der Waals surface area contributed by atoms with Gasteiger partial charge >= 0.3 is 11.7 Å². The van der Waals surface area contributed by atoms with Crippen molar-refractivity contribution in [1.82, 2.24) is 4.90 Å². The molecule has 2 aromatic carbocycles. The maximum atomic E-state index is 13.0. The summed E-state index contributed by atoms with van der Waals surface area (Å²) in [6.07, 6.45) is -4.72. The van der Waals surface area contributed by atoms with Crippen LogP contribution >= 0.6 is 0 Å². The Morgan fingerprint density at radius 3 is 2.00 bits per heavy atom. The van der Waals surface area contributed by atoms with Crippen LogP contribution in [0.5, 0.6) is 0 Å². The fourth-order valence-corrected chi connectivity index (χ4v) is 3.38. The summed E-state index contributed by atoms with van der Waals surface area (Å²) in [4.78, 5) is 24.6. The Morgan fingerprint density at radius 1 is 0.938 bits per heavy atom. The van der Waals surface area contributed by atoms with Crippen LogP contribution in [-0.4, -0.2) is 43.7 Å². The van der Waals surface area contributed by atoms with Crippen molar-refractivity contribution in [2.45, 2.75) is 23.5 Å². The largest absolute Gasteiger partial charge is 0.501 e. The molecule has 0 aliphatic carbocycles. The zero-order chi connectivity index (χ0) is 24.3. The van der Waals surface area contributed by atoms with Gasteiger partial charge in [-0.15, -0.1) is 0 Å². The first kappa shape index (κ1) is 25.2. The predicted molar refractivity (Wildman–Crippen MR) is 101 cm³/mol. The molecule has 0 fully saturated rings. The molecule has 174 valence electrons. The van der Waals surface area contributed by atoms with Crippen molar-refractivity contribution in [3.63, 3.8) is 0 Å².